The topological polar surface area (TPSA) is 51.0 Å². The molecule has 1 fully saturated rings. The van der Waals surface area contributed by atoms with Gasteiger partial charge < -0.3 is 9.47 Å². The second-order valence-electron chi connectivity index (χ2n) is 5.25. The Kier molecular flexibility index (Phi) is 3.96. The Hall–Kier alpha value is -1.82. The Morgan fingerprint density at radius 3 is 2.71 bits per heavy atom. The van der Waals surface area contributed by atoms with Gasteiger partial charge in [-0.05, 0) is 25.0 Å². The predicted octanol–water partition coefficient (Wildman–Crippen LogP) is 2.45. The van der Waals surface area contributed by atoms with Gasteiger partial charge in [-0.25, -0.2) is 0 Å². The number of rotatable bonds is 5. The van der Waals surface area contributed by atoms with Gasteiger partial charge in [0.1, 0.15) is 5.82 Å². The maximum Gasteiger partial charge on any atom is 0.237 e. The fourth-order valence-electron chi connectivity index (χ4n) is 2.17. The maximum atomic E-state index is 12.2. The van der Waals surface area contributed by atoms with E-state index in [0.29, 0.717) is 11.7 Å². The first kappa shape index (κ1) is 14.1. The zero-order valence-corrected chi connectivity index (χ0v) is 13.0. The van der Waals surface area contributed by atoms with Crippen LogP contribution in [0.4, 0.5) is 5.69 Å². The van der Waals surface area contributed by atoms with Gasteiger partial charge in [0.25, 0.3) is 0 Å². The first-order chi connectivity index (χ1) is 10.2. The summed E-state index contributed by atoms with van der Waals surface area (Å²) >= 11 is 1.44. The Balaban J connectivity index is 1.61. The number of benzene rings is 1. The number of amides is 1. The van der Waals surface area contributed by atoms with Crippen molar-refractivity contribution in [2.75, 3.05) is 17.7 Å². The summed E-state index contributed by atoms with van der Waals surface area (Å²) in [5.41, 5.74) is 0.903. The number of carbonyl (C=O) groups excluding carboxylic acids is 1. The maximum absolute atomic E-state index is 12.2. The van der Waals surface area contributed by atoms with Crippen LogP contribution in [0, 0.1) is 0 Å². The minimum atomic E-state index is 0.0576. The molecule has 1 amide bonds. The third-order valence-electron chi connectivity index (χ3n) is 3.65. The monoisotopic (exact) mass is 302 g/mol. The van der Waals surface area contributed by atoms with E-state index in [1.165, 1.54) is 24.6 Å². The summed E-state index contributed by atoms with van der Waals surface area (Å²) in [5.74, 6) is 2.03. The Bertz CT molecular complexity index is 636. The quantitative estimate of drug-likeness (QED) is 0.796. The van der Waals surface area contributed by atoms with Crippen molar-refractivity contribution in [3.63, 3.8) is 0 Å². The van der Waals surface area contributed by atoms with Crippen LogP contribution in [0.2, 0.25) is 0 Å². The van der Waals surface area contributed by atoms with Gasteiger partial charge in [-0.15, -0.1) is 10.2 Å². The lowest BCUT2D eigenvalue weighted by atomic mass is 10.3. The molecule has 3 rings (SSSR count). The molecule has 0 unspecified atom stereocenters. The molecular formula is C15H18N4OS. The minimum Gasteiger partial charge on any atom is -0.315 e. The molecule has 1 aromatic heterocycles. The number of anilines is 1. The van der Waals surface area contributed by atoms with E-state index < -0.39 is 0 Å². The van der Waals surface area contributed by atoms with Crippen LogP contribution in [-0.4, -0.2) is 33.5 Å². The lowest BCUT2D eigenvalue weighted by Crippen LogP contribution is -2.27. The number of hydrogen-bond donors (Lipinski definition) is 0. The summed E-state index contributed by atoms with van der Waals surface area (Å²) in [7, 11) is 3.77. The fraction of sp³-hybridized carbons (Fsp3) is 0.400. The van der Waals surface area contributed by atoms with Crippen molar-refractivity contribution in [1.29, 1.82) is 0 Å². The average molecular weight is 302 g/mol. The lowest BCUT2D eigenvalue weighted by molar-refractivity contribution is -0.115. The molecule has 1 heterocycles. The highest BCUT2D eigenvalue weighted by atomic mass is 32.2. The van der Waals surface area contributed by atoms with Crippen LogP contribution in [0.5, 0.6) is 0 Å². The van der Waals surface area contributed by atoms with E-state index in [0.717, 1.165) is 16.7 Å². The van der Waals surface area contributed by atoms with Gasteiger partial charge >= 0.3 is 0 Å². The molecule has 1 aromatic carbocycles. The van der Waals surface area contributed by atoms with Gasteiger partial charge in [0.2, 0.25) is 5.91 Å². The molecular weight excluding hydrogens is 284 g/mol. The average Bonchev–Trinajstić information content (AvgIpc) is 3.29. The van der Waals surface area contributed by atoms with Gasteiger partial charge in [0, 0.05) is 25.7 Å². The molecule has 21 heavy (non-hydrogen) atoms. The highest BCUT2D eigenvalue weighted by Crippen LogP contribution is 2.39. The molecule has 0 spiro atoms. The van der Waals surface area contributed by atoms with E-state index in [1.807, 2.05) is 41.9 Å². The van der Waals surface area contributed by atoms with E-state index in [1.54, 1.807) is 11.9 Å². The molecule has 0 radical (unpaired) electrons. The molecule has 0 aliphatic heterocycles. The Morgan fingerprint density at radius 1 is 1.33 bits per heavy atom. The number of nitrogens with zero attached hydrogens (tertiary/aromatic N) is 4. The normalized spacial score (nSPS) is 14.2. The zero-order valence-electron chi connectivity index (χ0n) is 12.2. The van der Waals surface area contributed by atoms with Crippen molar-refractivity contribution in [3.8, 4) is 0 Å². The van der Waals surface area contributed by atoms with Crippen molar-refractivity contribution >= 4 is 23.4 Å². The van der Waals surface area contributed by atoms with Crippen LogP contribution < -0.4 is 4.90 Å². The molecule has 6 heteroatoms. The molecule has 110 valence electrons. The van der Waals surface area contributed by atoms with E-state index in [-0.39, 0.29) is 5.91 Å². The third-order valence-corrected chi connectivity index (χ3v) is 4.66. The van der Waals surface area contributed by atoms with Crippen molar-refractivity contribution in [3.05, 3.63) is 36.2 Å². The first-order valence-corrected chi connectivity index (χ1v) is 7.99. The van der Waals surface area contributed by atoms with Crippen LogP contribution in [0.1, 0.15) is 24.6 Å². The second-order valence-corrected chi connectivity index (χ2v) is 6.19. The molecule has 1 aliphatic carbocycles. The number of aromatic nitrogens is 3. The van der Waals surface area contributed by atoms with Crippen LogP contribution in [0.15, 0.2) is 35.5 Å². The first-order valence-electron chi connectivity index (χ1n) is 7.00. The molecule has 0 N–H and O–H groups in total. The highest BCUT2D eigenvalue weighted by molar-refractivity contribution is 7.99. The summed E-state index contributed by atoms with van der Waals surface area (Å²) in [6.07, 6.45) is 2.40. The Morgan fingerprint density at radius 2 is 2.05 bits per heavy atom. The number of thioether (sulfide) groups is 1. The number of hydrogen-bond acceptors (Lipinski definition) is 4. The summed E-state index contributed by atoms with van der Waals surface area (Å²) in [6, 6.07) is 9.65. The molecule has 0 atom stereocenters. The SMILES string of the molecule is CN(C(=O)CSc1nnc(C2CC2)n1C)c1ccccc1. The van der Waals surface area contributed by atoms with E-state index in [9.17, 15) is 4.79 Å². The van der Waals surface area contributed by atoms with Gasteiger partial charge in [0.15, 0.2) is 5.16 Å². The van der Waals surface area contributed by atoms with Crippen LogP contribution in [0.3, 0.4) is 0 Å². The van der Waals surface area contributed by atoms with Gasteiger partial charge in [-0.2, -0.15) is 0 Å². The number of para-hydroxylation sites is 1. The van der Waals surface area contributed by atoms with E-state index in [2.05, 4.69) is 10.2 Å². The predicted molar refractivity (Wildman–Crippen MR) is 83.6 cm³/mol. The van der Waals surface area contributed by atoms with Gasteiger partial charge in [0.05, 0.1) is 5.75 Å². The summed E-state index contributed by atoms with van der Waals surface area (Å²) in [5, 5.41) is 9.22. The molecule has 2 aromatic rings. The summed E-state index contributed by atoms with van der Waals surface area (Å²) in [4.78, 5) is 13.9. The van der Waals surface area contributed by atoms with Crippen molar-refractivity contribution in [2.24, 2.45) is 7.05 Å². The molecule has 1 saturated carbocycles. The molecule has 0 saturated heterocycles. The lowest BCUT2D eigenvalue weighted by Gasteiger charge is -2.16. The number of carbonyl (C=O) groups is 1. The van der Waals surface area contributed by atoms with Gasteiger partial charge in [-0.3, -0.25) is 4.79 Å². The molecule has 5 nitrogen and oxygen atoms in total. The summed E-state index contributed by atoms with van der Waals surface area (Å²) in [6.45, 7) is 0. The second kappa shape index (κ2) is 5.89. The zero-order chi connectivity index (χ0) is 14.8. The van der Waals surface area contributed by atoms with Crippen LogP contribution in [-0.2, 0) is 11.8 Å². The van der Waals surface area contributed by atoms with Gasteiger partial charge in [-0.1, -0.05) is 30.0 Å². The molecule has 0 bridgehead atoms. The van der Waals surface area contributed by atoms with Crippen LogP contribution in [0.25, 0.3) is 0 Å². The van der Waals surface area contributed by atoms with E-state index >= 15 is 0 Å². The molecule has 1 aliphatic rings. The minimum absolute atomic E-state index is 0.0576. The summed E-state index contributed by atoms with van der Waals surface area (Å²) < 4.78 is 2.01. The standard InChI is InChI=1S/C15H18N4OS/c1-18(12-6-4-3-5-7-12)13(20)10-21-15-17-16-14(19(15)2)11-8-9-11/h3-7,11H,8-10H2,1-2H3. The van der Waals surface area contributed by atoms with E-state index in [4.69, 9.17) is 0 Å². The third kappa shape index (κ3) is 3.10. The fourth-order valence-corrected chi connectivity index (χ4v) is 3.00. The van der Waals surface area contributed by atoms with Crippen molar-refractivity contribution in [1.82, 2.24) is 14.8 Å². The smallest absolute Gasteiger partial charge is 0.237 e. The largest absolute Gasteiger partial charge is 0.315 e. The van der Waals surface area contributed by atoms with Crippen molar-refractivity contribution in [2.45, 2.75) is 23.9 Å². The van der Waals surface area contributed by atoms with Crippen molar-refractivity contribution < 1.29 is 4.79 Å². The Labute approximate surface area is 128 Å². The van der Waals surface area contributed by atoms with Crippen LogP contribution >= 0.6 is 11.8 Å². The highest BCUT2D eigenvalue weighted by Gasteiger charge is 2.29.